The highest BCUT2D eigenvalue weighted by Crippen LogP contribution is 2.07. The van der Waals surface area contributed by atoms with Crippen molar-refractivity contribution in [2.45, 2.75) is 58.7 Å². The summed E-state index contributed by atoms with van der Waals surface area (Å²) in [6, 6.07) is 0. The fraction of sp³-hybridized carbons (Fsp3) is 0.474. The number of hydrogen-bond acceptors (Lipinski definition) is 4. The van der Waals surface area contributed by atoms with E-state index in [-0.39, 0.29) is 18.0 Å². The second-order valence-electron chi connectivity index (χ2n) is 4.77. The van der Waals surface area contributed by atoms with Crippen molar-refractivity contribution in [3.63, 3.8) is 0 Å². The van der Waals surface area contributed by atoms with Crippen LogP contribution in [0.4, 0.5) is 0 Å². The molecule has 0 saturated heterocycles. The van der Waals surface area contributed by atoms with Gasteiger partial charge in [0.05, 0.1) is 0 Å². The second-order valence-corrected chi connectivity index (χ2v) is 4.77. The molecule has 0 aromatic heterocycles. The number of esters is 2. The Morgan fingerprint density at radius 1 is 1.17 bits per heavy atom. The van der Waals surface area contributed by atoms with Crippen molar-refractivity contribution in [3.05, 3.63) is 24.8 Å². The Morgan fingerprint density at radius 3 is 2.43 bits per heavy atom. The number of allylic oxidation sites excluding steroid dienone is 2. The minimum absolute atomic E-state index is 0.292. The lowest BCUT2D eigenvalue weighted by molar-refractivity contribution is -0.145. The summed E-state index contributed by atoms with van der Waals surface area (Å²) < 4.78 is 10.2. The first kappa shape index (κ1) is 20.5. The van der Waals surface area contributed by atoms with E-state index in [1.807, 2.05) is 13.0 Å². The van der Waals surface area contributed by atoms with E-state index in [1.54, 1.807) is 12.2 Å². The molecule has 0 amide bonds. The summed E-state index contributed by atoms with van der Waals surface area (Å²) in [6.45, 7) is 8.26. The van der Waals surface area contributed by atoms with Gasteiger partial charge in [-0.25, -0.2) is 0 Å². The molecule has 0 rings (SSSR count). The number of rotatable bonds is 8. The molecule has 0 saturated carbocycles. The molecule has 0 aliphatic carbocycles. The van der Waals surface area contributed by atoms with Crippen LogP contribution >= 0.6 is 0 Å². The van der Waals surface area contributed by atoms with Gasteiger partial charge in [-0.2, -0.15) is 0 Å². The highest BCUT2D eigenvalue weighted by molar-refractivity contribution is 5.66. The normalized spacial score (nSPS) is 12.1. The fourth-order valence-electron chi connectivity index (χ4n) is 1.64. The maximum absolute atomic E-state index is 11.0. The zero-order valence-electron chi connectivity index (χ0n) is 14.1. The van der Waals surface area contributed by atoms with E-state index in [4.69, 9.17) is 9.47 Å². The molecule has 0 aromatic carbocycles. The molecule has 0 spiro atoms. The van der Waals surface area contributed by atoms with E-state index in [9.17, 15) is 9.59 Å². The van der Waals surface area contributed by atoms with E-state index in [0.717, 1.165) is 19.3 Å². The molecule has 124 valence electrons. The predicted octanol–water partition coefficient (Wildman–Crippen LogP) is 3.18. The van der Waals surface area contributed by atoms with Crippen LogP contribution < -0.4 is 0 Å². The van der Waals surface area contributed by atoms with Gasteiger partial charge in [-0.15, -0.1) is 6.58 Å². The van der Waals surface area contributed by atoms with Crippen molar-refractivity contribution in [1.82, 2.24) is 0 Å². The van der Waals surface area contributed by atoms with Crippen LogP contribution in [0, 0.1) is 23.7 Å². The van der Waals surface area contributed by atoms with Gasteiger partial charge in [-0.05, 0) is 55.6 Å². The predicted molar refractivity (Wildman–Crippen MR) is 90.1 cm³/mol. The summed E-state index contributed by atoms with van der Waals surface area (Å²) in [7, 11) is 0. The first-order chi connectivity index (χ1) is 11.0. The minimum atomic E-state index is -0.432. The number of hydrogen-bond donors (Lipinski definition) is 0. The van der Waals surface area contributed by atoms with Crippen molar-refractivity contribution < 1.29 is 19.1 Å². The van der Waals surface area contributed by atoms with Crippen molar-refractivity contribution >= 4 is 11.9 Å². The molecule has 4 heteroatoms. The van der Waals surface area contributed by atoms with E-state index >= 15 is 0 Å². The average Bonchev–Trinajstić information content (AvgIpc) is 2.48. The third kappa shape index (κ3) is 13.0. The molecule has 0 heterocycles. The molecule has 0 radical (unpaired) electrons. The van der Waals surface area contributed by atoms with Gasteiger partial charge in [0, 0.05) is 13.8 Å². The quantitative estimate of drug-likeness (QED) is 0.299. The standard InChI is InChI=1S/C19H24O4/c1-5-7-10-14-19(23-17(4)21)15-12-9-8-11-13-18(6-2)22-16(3)20/h5,12,15,18-19H,1,6-7,10,14H2,2-4H3/b15-12+/t18-,19-/m0/s1. The first-order valence-corrected chi connectivity index (χ1v) is 7.62. The summed E-state index contributed by atoms with van der Waals surface area (Å²) in [4.78, 5) is 21.9. The Bertz CT molecular complexity index is 537. The van der Waals surface area contributed by atoms with Gasteiger partial charge >= 0.3 is 11.9 Å². The van der Waals surface area contributed by atoms with Crippen molar-refractivity contribution in [1.29, 1.82) is 0 Å². The van der Waals surface area contributed by atoms with Crippen LogP contribution in [0.1, 0.15) is 46.5 Å². The molecule has 23 heavy (non-hydrogen) atoms. The highest BCUT2D eigenvalue weighted by Gasteiger charge is 2.06. The number of ether oxygens (including phenoxy) is 2. The number of carbonyl (C=O) groups excluding carboxylic acids is 2. The third-order valence-electron chi connectivity index (χ3n) is 2.66. The second kappa shape index (κ2) is 13.2. The van der Waals surface area contributed by atoms with Gasteiger partial charge in [0.15, 0.2) is 6.10 Å². The maximum Gasteiger partial charge on any atom is 0.303 e. The zero-order valence-corrected chi connectivity index (χ0v) is 14.1. The Kier molecular flexibility index (Phi) is 11.8. The van der Waals surface area contributed by atoms with Crippen molar-refractivity contribution in [3.8, 4) is 23.7 Å². The SMILES string of the molecule is C=CCCC[C@@H](/C=C/C#CC#C[C@H](CC)OC(C)=O)OC(C)=O. The first-order valence-electron chi connectivity index (χ1n) is 7.62. The zero-order chi connectivity index (χ0) is 17.5. The van der Waals surface area contributed by atoms with Crippen LogP contribution in [-0.4, -0.2) is 24.1 Å². The van der Waals surface area contributed by atoms with Crippen LogP contribution in [0.5, 0.6) is 0 Å². The van der Waals surface area contributed by atoms with Gasteiger partial charge < -0.3 is 9.47 Å². The topological polar surface area (TPSA) is 52.6 Å². The van der Waals surface area contributed by atoms with Crippen LogP contribution in [0.25, 0.3) is 0 Å². The number of carbonyl (C=O) groups is 2. The molecule has 0 bridgehead atoms. The van der Waals surface area contributed by atoms with Crippen LogP contribution in [0.15, 0.2) is 24.8 Å². The van der Waals surface area contributed by atoms with Gasteiger partial charge in [-0.3, -0.25) is 9.59 Å². The molecule has 0 aliphatic rings. The molecule has 0 aromatic rings. The minimum Gasteiger partial charge on any atom is -0.458 e. The molecule has 4 nitrogen and oxygen atoms in total. The Labute approximate surface area is 138 Å². The van der Waals surface area contributed by atoms with Gasteiger partial charge in [0.2, 0.25) is 0 Å². The third-order valence-corrected chi connectivity index (χ3v) is 2.66. The Morgan fingerprint density at radius 2 is 1.87 bits per heavy atom. The van der Waals surface area contributed by atoms with E-state index in [1.165, 1.54) is 13.8 Å². The van der Waals surface area contributed by atoms with Crippen LogP contribution in [0.2, 0.25) is 0 Å². The van der Waals surface area contributed by atoms with E-state index in [2.05, 4.69) is 30.3 Å². The van der Waals surface area contributed by atoms with Gasteiger partial charge in [0.1, 0.15) is 6.10 Å². The smallest absolute Gasteiger partial charge is 0.303 e. The molecular weight excluding hydrogens is 292 g/mol. The van der Waals surface area contributed by atoms with Crippen LogP contribution in [0.3, 0.4) is 0 Å². The molecule has 0 unspecified atom stereocenters. The largest absolute Gasteiger partial charge is 0.458 e. The van der Waals surface area contributed by atoms with Gasteiger partial charge in [-0.1, -0.05) is 18.9 Å². The monoisotopic (exact) mass is 316 g/mol. The molecular formula is C19H24O4. The van der Waals surface area contributed by atoms with Crippen molar-refractivity contribution in [2.75, 3.05) is 0 Å². The molecule has 0 fully saturated rings. The molecule has 0 aliphatic heterocycles. The summed E-state index contributed by atoms with van der Waals surface area (Å²) in [6.07, 6.45) is 7.55. The Balaban J connectivity index is 4.53. The fourth-order valence-corrected chi connectivity index (χ4v) is 1.64. The lowest BCUT2D eigenvalue weighted by atomic mass is 10.1. The molecule has 0 N–H and O–H groups in total. The van der Waals surface area contributed by atoms with Gasteiger partial charge in [0.25, 0.3) is 0 Å². The lowest BCUT2D eigenvalue weighted by Gasteiger charge is -2.11. The maximum atomic E-state index is 11.0. The summed E-state index contributed by atoms with van der Waals surface area (Å²) >= 11 is 0. The Hall–Kier alpha value is -2.46. The van der Waals surface area contributed by atoms with Crippen LogP contribution in [-0.2, 0) is 19.1 Å². The highest BCUT2D eigenvalue weighted by atomic mass is 16.5. The van der Waals surface area contributed by atoms with Crippen molar-refractivity contribution in [2.24, 2.45) is 0 Å². The lowest BCUT2D eigenvalue weighted by Crippen LogP contribution is -2.13. The molecule has 2 atom stereocenters. The van der Waals surface area contributed by atoms with E-state index in [0.29, 0.717) is 6.42 Å². The van der Waals surface area contributed by atoms with E-state index < -0.39 is 6.10 Å². The number of unbranched alkanes of at least 4 members (excludes halogenated alkanes) is 1. The summed E-state index contributed by atoms with van der Waals surface area (Å²) in [5.74, 6) is 10.1. The summed E-state index contributed by atoms with van der Waals surface area (Å²) in [5, 5.41) is 0. The average molecular weight is 316 g/mol. The summed E-state index contributed by atoms with van der Waals surface area (Å²) in [5.41, 5.74) is 0.